The van der Waals surface area contributed by atoms with Gasteiger partial charge in [0.05, 0.1) is 40.5 Å². The minimum Gasteiger partial charge on any atom is -0.404 e. The highest BCUT2D eigenvalue weighted by Crippen LogP contribution is 2.27. The van der Waals surface area contributed by atoms with Crippen LogP contribution in [0.25, 0.3) is 50.0 Å². The van der Waals surface area contributed by atoms with E-state index in [9.17, 15) is 8.42 Å². The molecule has 16 nitrogen and oxygen atoms in total. The van der Waals surface area contributed by atoms with Gasteiger partial charge in [0.25, 0.3) is 0 Å². The number of rotatable bonds is 9. The second-order valence-corrected chi connectivity index (χ2v) is 19.8. The molecule has 0 radical (unpaired) electrons. The van der Waals surface area contributed by atoms with Crippen molar-refractivity contribution in [3.05, 3.63) is 109 Å². The Kier molecular flexibility index (Phi) is 11.3. The number of allylic oxidation sites excluding steroid dienone is 1. The molecule has 2 atom stereocenters. The summed E-state index contributed by atoms with van der Waals surface area (Å²) in [5.74, 6) is 9.34. The van der Waals surface area contributed by atoms with Gasteiger partial charge in [-0.2, -0.15) is 15.3 Å². The Balaban J connectivity index is 0.000000166. The Morgan fingerprint density at radius 1 is 0.700 bits per heavy atom. The molecule has 2 aromatic carbocycles. The maximum atomic E-state index is 12.2. The first-order chi connectivity index (χ1) is 28.9. The van der Waals surface area contributed by atoms with E-state index in [1.54, 1.807) is 24.9 Å². The van der Waals surface area contributed by atoms with Gasteiger partial charge in [0, 0.05) is 149 Å². The van der Waals surface area contributed by atoms with Gasteiger partial charge in [0.15, 0.2) is 0 Å². The quantitative estimate of drug-likeness (QED) is 0.142. The van der Waals surface area contributed by atoms with Gasteiger partial charge in [0.1, 0.15) is 11.6 Å². The lowest BCUT2D eigenvalue weighted by Crippen LogP contribution is -2.48. The fourth-order valence-corrected chi connectivity index (χ4v) is 9.34. The van der Waals surface area contributed by atoms with Gasteiger partial charge in [-0.25, -0.2) is 27.9 Å². The fraction of sp³-hybridized carbons (Fsp3) is 0.238. The normalized spacial score (nSPS) is 17.5. The van der Waals surface area contributed by atoms with E-state index in [1.165, 1.54) is 12.4 Å². The molecule has 0 saturated carbocycles. The van der Waals surface area contributed by atoms with E-state index < -0.39 is 19.4 Å². The lowest BCUT2D eigenvalue weighted by Gasteiger charge is -2.35. The number of nitrogens with two attached hydrogens (primary N) is 1. The SMILES string of the molecule is C=S(C)(=O)N1CCN(c2cc(-n3ncc4ccc(-c5ccn[nH]5)cc43)ccn2)CC1.C=S(C)(=O)N1CCN(c2cc(-n3ncc4ccc(/C(C=N)=C/N)cc43)ccn2)CC1. The Labute approximate surface area is 349 Å². The predicted molar refractivity (Wildman–Crippen MR) is 246 cm³/mol. The summed E-state index contributed by atoms with van der Waals surface area (Å²) < 4.78 is 32.1. The summed E-state index contributed by atoms with van der Waals surface area (Å²) in [5.41, 5.74) is 13.0. The van der Waals surface area contributed by atoms with E-state index in [4.69, 9.17) is 11.1 Å². The van der Waals surface area contributed by atoms with E-state index in [-0.39, 0.29) is 0 Å². The van der Waals surface area contributed by atoms with Gasteiger partial charge in [-0.1, -0.05) is 24.3 Å². The highest BCUT2D eigenvalue weighted by Gasteiger charge is 2.23. The molecular weight excluding hydrogens is 797 g/mol. The van der Waals surface area contributed by atoms with E-state index in [0.29, 0.717) is 31.8 Å². The molecule has 2 aliphatic rings. The zero-order valence-electron chi connectivity index (χ0n) is 33.6. The number of benzene rings is 2. The molecule has 60 heavy (non-hydrogen) atoms. The van der Waals surface area contributed by atoms with Crippen LogP contribution in [0.15, 0.2) is 104 Å². The van der Waals surface area contributed by atoms with Gasteiger partial charge < -0.3 is 20.9 Å². The number of fused-ring (bicyclic) bond motifs is 2. The molecule has 2 aliphatic heterocycles. The summed E-state index contributed by atoms with van der Waals surface area (Å²) >= 11 is 0. The second-order valence-electron chi connectivity index (χ2n) is 14.9. The zero-order valence-corrected chi connectivity index (χ0v) is 35.2. The molecule has 7 aromatic rings. The molecule has 0 spiro atoms. The summed E-state index contributed by atoms with van der Waals surface area (Å²) in [6, 6.07) is 22.0. The second kappa shape index (κ2) is 16.7. The Bertz CT molecular complexity index is 2900. The molecule has 0 aliphatic carbocycles. The van der Waals surface area contributed by atoms with Gasteiger partial charge in [-0.05, 0) is 47.6 Å². The van der Waals surface area contributed by atoms with Gasteiger partial charge in [-0.3, -0.25) is 13.5 Å². The molecule has 2 fully saturated rings. The monoisotopic (exact) mass is 844 g/mol. The van der Waals surface area contributed by atoms with Crippen molar-refractivity contribution in [1.29, 1.82) is 5.41 Å². The van der Waals surface area contributed by atoms with Crippen molar-refractivity contribution in [2.24, 2.45) is 5.73 Å². The van der Waals surface area contributed by atoms with Crippen LogP contribution in [0, 0.1) is 5.41 Å². The first kappa shape index (κ1) is 40.4. The van der Waals surface area contributed by atoms with E-state index in [0.717, 1.165) is 87.8 Å². The number of nitrogens with one attached hydrogen (secondary N) is 2. The topological polar surface area (TPSA) is 187 Å². The number of aromatic nitrogens is 8. The summed E-state index contributed by atoms with van der Waals surface area (Å²) in [7, 11) is -4.33. The Morgan fingerprint density at radius 3 is 1.68 bits per heavy atom. The molecule has 2 saturated heterocycles. The third-order valence-corrected chi connectivity index (χ3v) is 13.7. The van der Waals surface area contributed by atoms with Gasteiger partial charge in [-0.15, -0.1) is 0 Å². The number of H-pyrrole nitrogens is 1. The van der Waals surface area contributed by atoms with Crippen molar-refractivity contribution < 1.29 is 8.42 Å². The van der Waals surface area contributed by atoms with Gasteiger partial charge >= 0.3 is 0 Å². The fourth-order valence-electron chi connectivity index (χ4n) is 7.47. The van der Waals surface area contributed by atoms with Crippen molar-refractivity contribution in [3.8, 4) is 22.6 Å². The molecule has 18 heteroatoms. The number of nitrogens with zero attached hydrogens (tertiary/aromatic N) is 11. The summed E-state index contributed by atoms with van der Waals surface area (Å²) in [5, 5.41) is 25.8. The minimum absolute atomic E-state index is 0.649. The van der Waals surface area contributed by atoms with Crippen LogP contribution in [0.4, 0.5) is 11.6 Å². The van der Waals surface area contributed by atoms with Crippen LogP contribution < -0.4 is 15.5 Å². The molecule has 5 aromatic heterocycles. The zero-order chi connectivity index (χ0) is 42.0. The lowest BCUT2D eigenvalue weighted by atomic mass is 10.1. The number of hydrogen-bond donors (Lipinski definition) is 3. The number of piperazine rings is 2. The van der Waals surface area contributed by atoms with Crippen LogP contribution in [-0.4, -0.2) is 140 Å². The van der Waals surface area contributed by atoms with Crippen LogP contribution in [0.1, 0.15) is 5.56 Å². The third kappa shape index (κ3) is 8.53. The van der Waals surface area contributed by atoms with Crippen LogP contribution in [0.5, 0.6) is 0 Å². The van der Waals surface area contributed by atoms with Gasteiger partial charge in [0.2, 0.25) is 0 Å². The molecule has 7 heterocycles. The summed E-state index contributed by atoms with van der Waals surface area (Å²) in [6.07, 6.45) is 15.1. The average Bonchev–Trinajstić information content (AvgIpc) is 4.05. The number of anilines is 2. The molecular formula is C42H48N14O2S2. The van der Waals surface area contributed by atoms with E-state index in [1.807, 2.05) is 79.0 Å². The first-order valence-electron chi connectivity index (χ1n) is 19.3. The molecule has 9 rings (SSSR count). The van der Waals surface area contributed by atoms with Crippen LogP contribution in [-0.2, 0) is 19.4 Å². The maximum absolute atomic E-state index is 12.2. The molecule has 0 amide bonds. The number of pyridine rings is 2. The lowest BCUT2D eigenvalue weighted by molar-refractivity contribution is 0.409. The molecule has 0 bridgehead atoms. The van der Waals surface area contributed by atoms with Crippen molar-refractivity contribution >= 4 is 76.4 Å². The van der Waals surface area contributed by atoms with E-state index >= 15 is 0 Å². The standard InChI is InChI=1S/C21H23N7OS.C21H25N7OS/c1-30(2,29)27-11-9-26(10-12-27)21-14-18(5-7-22-21)28-20-13-16(19-6-8-23-25-19)3-4-17(20)15-24-28;1-30(2,29)27-9-7-26(8-10-27)21-12-19(5-6-24-21)28-20-11-16(18(13-22)14-23)3-4-17(20)15-25-28/h3-8,13-15H,1,9-12H2,2H3,(H,23,25);3-6,11-15,22H,1,7-10,23H2,2H3/b;18-14+,22-13?. The van der Waals surface area contributed by atoms with Crippen LogP contribution in [0.3, 0.4) is 0 Å². The van der Waals surface area contributed by atoms with Crippen molar-refractivity contribution in [2.75, 3.05) is 74.7 Å². The van der Waals surface area contributed by atoms with Crippen molar-refractivity contribution in [3.63, 3.8) is 0 Å². The van der Waals surface area contributed by atoms with Crippen molar-refractivity contribution in [1.82, 2.24) is 48.3 Å². The minimum atomic E-state index is -2.17. The molecule has 4 N–H and O–H groups in total. The van der Waals surface area contributed by atoms with Crippen LogP contribution in [0.2, 0.25) is 0 Å². The number of aromatic amines is 1. The predicted octanol–water partition coefficient (Wildman–Crippen LogP) is 3.95. The molecule has 2 unspecified atom stereocenters. The number of hydrogen-bond acceptors (Lipinski definition) is 11. The summed E-state index contributed by atoms with van der Waals surface area (Å²) in [4.78, 5) is 13.5. The summed E-state index contributed by atoms with van der Waals surface area (Å²) in [6.45, 7) is 5.82. The third-order valence-electron chi connectivity index (χ3n) is 10.8. The largest absolute Gasteiger partial charge is 0.404 e. The Morgan fingerprint density at radius 2 is 1.22 bits per heavy atom. The maximum Gasteiger partial charge on any atom is 0.130 e. The smallest absolute Gasteiger partial charge is 0.130 e. The Hall–Kier alpha value is -6.34. The van der Waals surface area contributed by atoms with Crippen LogP contribution >= 0.6 is 0 Å². The van der Waals surface area contributed by atoms with E-state index in [2.05, 4.69) is 76.2 Å². The average molecular weight is 845 g/mol. The first-order valence-corrected chi connectivity index (χ1v) is 23.5. The van der Waals surface area contributed by atoms with Crippen molar-refractivity contribution in [2.45, 2.75) is 0 Å². The highest BCUT2D eigenvalue weighted by atomic mass is 32.2. The molecule has 310 valence electrons. The highest BCUT2D eigenvalue weighted by molar-refractivity contribution is 7.97.